The van der Waals surface area contributed by atoms with Crippen LogP contribution in [-0.2, 0) is 11.2 Å². The molecule has 2 aliphatic heterocycles. The first-order chi connectivity index (χ1) is 18.5. The maximum Gasteiger partial charge on any atom is 0.134 e. The molecule has 38 heavy (non-hydrogen) atoms. The van der Waals surface area contributed by atoms with E-state index in [0.29, 0.717) is 28.7 Å². The lowest BCUT2D eigenvalue weighted by Gasteiger charge is -2.56. The van der Waals surface area contributed by atoms with E-state index in [-0.39, 0.29) is 16.8 Å². The molecule has 202 valence electrons. The van der Waals surface area contributed by atoms with Gasteiger partial charge in [0.15, 0.2) is 0 Å². The molecule has 0 radical (unpaired) electrons. The summed E-state index contributed by atoms with van der Waals surface area (Å²) in [5, 5.41) is 10.9. The fraction of sp³-hybridized carbons (Fsp3) is 0.576. The van der Waals surface area contributed by atoms with Crippen LogP contribution in [0.1, 0.15) is 74.0 Å². The zero-order valence-corrected chi connectivity index (χ0v) is 23.3. The Labute approximate surface area is 232 Å². The quantitative estimate of drug-likeness (QED) is 0.416. The van der Waals surface area contributed by atoms with Crippen LogP contribution in [0.3, 0.4) is 0 Å². The number of likely N-dealkylation sites (tertiary alicyclic amines) is 1. The van der Waals surface area contributed by atoms with Gasteiger partial charge in [-0.3, -0.25) is 4.90 Å². The van der Waals surface area contributed by atoms with Crippen molar-refractivity contribution in [2.75, 3.05) is 32.8 Å². The third kappa shape index (κ3) is 3.85. The van der Waals surface area contributed by atoms with Gasteiger partial charge < -0.3 is 14.6 Å². The van der Waals surface area contributed by atoms with E-state index >= 15 is 0 Å². The number of halogens is 1. The molecular formula is C33H40ClNO3. The van der Waals surface area contributed by atoms with E-state index in [0.717, 1.165) is 56.8 Å². The summed E-state index contributed by atoms with van der Waals surface area (Å²) in [6.45, 7) is 7.41. The first-order valence-electron chi connectivity index (χ1n) is 14.8. The second-order valence-electron chi connectivity index (χ2n) is 12.6. The van der Waals surface area contributed by atoms with Crippen molar-refractivity contribution < 1.29 is 14.6 Å². The molecule has 4 nitrogen and oxygen atoms in total. The molecule has 0 aromatic heterocycles. The zero-order chi connectivity index (χ0) is 25.9. The van der Waals surface area contributed by atoms with Gasteiger partial charge in [-0.05, 0) is 117 Å². The molecule has 1 N–H and O–H groups in total. The smallest absolute Gasteiger partial charge is 0.134 e. The van der Waals surface area contributed by atoms with Crippen molar-refractivity contribution in [3.05, 3.63) is 70.3 Å². The molecule has 5 aliphatic rings. The molecule has 3 aliphatic carbocycles. The Hall–Kier alpha value is -2.01. The average molecular weight is 534 g/mol. The number of phenolic OH excluding ortho intramolecular Hbond substituents is 1. The molecule has 2 heterocycles. The largest absolute Gasteiger partial charge is 0.506 e. The Morgan fingerprint density at radius 1 is 1.11 bits per heavy atom. The minimum Gasteiger partial charge on any atom is -0.506 e. The number of benzene rings is 2. The number of nitrogens with zero attached hydrogens (tertiary/aromatic N) is 1. The molecule has 7 rings (SSSR count). The Bertz CT molecular complexity index is 1220. The van der Waals surface area contributed by atoms with Gasteiger partial charge in [-0.2, -0.15) is 0 Å². The zero-order valence-electron chi connectivity index (χ0n) is 22.5. The summed E-state index contributed by atoms with van der Waals surface area (Å²) in [4.78, 5) is 2.49. The van der Waals surface area contributed by atoms with Crippen molar-refractivity contribution >= 4 is 11.6 Å². The molecule has 3 fully saturated rings. The summed E-state index contributed by atoms with van der Waals surface area (Å²) in [7, 11) is 0. The lowest BCUT2D eigenvalue weighted by molar-refractivity contribution is -0.101. The topological polar surface area (TPSA) is 41.9 Å². The number of hydrogen-bond donors (Lipinski definition) is 1. The Kier molecular flexibility index (Phi) is 6.29. The van der Waals surface area contributed by atoms with Crippen LogP contribution in [0, 0.1) is 17.3 Å². The van der Waals surface area contributed by atoms with Gasteiger partial charge >= 0.3 is 0 Å². The summed E-state index contributed by atoms with van der Waals surface area (Å²) in [6.07, 6.45) is 12.8. The van der Waals surface area contributed by atoms with Crippen LogP contribution in [0.25, 0.3) is 0 Å². The standard InChI is InChI=1S/C33H40ClNO3/c1-32-21-27(22-5-7-23(8-6-22)37-20-18-35-16-2-3-17-35)30-24-11-12-29(36)31(34)25(24)9-10-26(30)28(32)13-15-33(32)14-4-19-38-33/h4-8,11-12,14,26-28,30,36H,2-3,9-10,13,15-21H2,1H3/t26-,27+,28-,30+,32-,33?/m0/s1. The second kappa shape index (κ2) is 9.57. The first-order valence-corrected chi connectivity index (χ1v) is 15.1. The van der Waals surface area contributed by atoms with Gasteiger partial charge in [0.2, 0.25) is 0 Å². The molecule has 1 saturated heterocycles. The summed E-state index contributed by atoms with van der Waals surface area (Å²) in [5.41, 5.74) is 3.87. The third-order valence-corrected chi connectivity index (χ3v) is 11.4. The van der Waals surface area contributed by atoms with Crippen LogP contribution in [0.2, 0.25) is 5.02 Å². The SMILES string of the molecule is C[C@]12C[C@H](c3ccc(OCCN4CCCC4)cc3)[C@@H]3c4ccc(O)c(Cl)c4CC[C@H]3[C@@H]1CCC21C=CCO1. The van der Waals surface area contributed by atoms with Crippen LogP contribution >= 0.6 is 11.6 Å². The molecule has 6 atom stereocenters. The van der Waals surface area contributed by atoms with Crippen molar-refractivity contribution in [1.29, 1.82) is 0 Å². The van der Waals surface area contributed by atoms with Gasteiger partial charge in [0.25, 0.3) is 0 Å². The number of hydrogen-bond acceptors (Lipinski definition) is 4. The highest BCUT2D eigenvalue weighted by molar-refractivity contribution is 6.32. The van der Waals surface area contributed by atoms with Crippen LogP contribution in [0.15, 0.2) is 48.6 Å². The molecule has 0 amide bonds. The Morgan fingerprint density at radius 2 is 1.92 bits per heavy atom. The van der Waals surface area contributed by atoms with Gasteiger partial charge in [0.05, 0.1) is 17.2 Å². The number of phenols is 1. The summed E-state index contributed by atoms with van der Waals surface area (Å²) in [5.74, 6) is 3.15. The van der Waals surface area contributed by atoms with E-state index in [1.807, 2.05) is 6.07 Å². The number of fused-ring (bicyclic) bond motifs is 6. The third-order valence-electron chi connectivity index (χ3n) is 11.0. The van der Waals surface area contributed by atoms with E-state index in [9.17, 15) is 5.11 Å². The van der Waals surface area contributed by atoms with E-state index in [1.165, 1.54) is 43.5 Å². The predicted octanol–water partition coefficient (Wildman–Crippen LogP) is 7.10. The fourth-order valence-electron chi connectivity index (χ4n) is 9.19. The number of rotatable bonds is 5. The summed E-state index contributed by atoms with van der Waals surface area (Å²) in [6, 6.07) is 12.9. The lowest BCUT2D eigenvalue weighted by Crippen LogP contribution is -2.52. The second-order valence-corrected chi connectivity index (χ2v) is 13.0. The molecule has 2 aromatic carbocycles. The van der Waals surface area contributed by atoms with Crippen LogP contribution in [0.5, 0.6) is 11.5 Å². The molecule has 0 bridgehead atoms. The highest BCUT2D eigenvalue weighted by atomic mass is 35.5. The summed E-state index contributed by atoms with van der Waals surface area (Å²) < 4.78 is 12.7. The maximum atomic E-state index is 10.4. The number of aromatic hydroxyl groups is 1. The molecule has 2 aromatic rings. The molecule has 1 unspecified atom stereocenters. The lowest BCUT2D eigenvalue weighted by atomic mass is 9.49. The Morgan fingerprint density at radius 3 is 2.68 bits per heavy atom. The number of ether oxygens (including phenoxy) is 2. The van der Waals surface area contributed by atoms with Crippen molar-refractivity contribution in [1.82, 2.24) is 4.90 Å². The maximum absolute atomic E-state index is 10.4. The van der Waals surface area contributed by atoms with E-state index in [1.54, 1.807) is 0 Å². The molecular weight excluding hydrogens is 494 g/mol. The highest BCUT2D eigenvalue weighted by Crippen LogP contribution is 2.69. The van der Waals surface area contributed by atoms with Gasteiger partial charge in [0.1, 0.15) is 18.1 Å². The normalized spacial score (nSPS) is 35.8. The minimum absolute atomic E-state index is 0.106. The van der Waals surface area contributed by atoms with E-state index < -0.39 is 0 Å². The molecule has 5 heteroatoms. The van der Waals surface area contributed by atoms with Crippen molar-refractivity contribution in [2.24, 2.45) is 17.3 Å². The van der Waals surface area contributed by atoms with Crippen LogP contribution in [-0.4, -0.2) is 48.5 Å². The van der Waals surface area contributed by atoms with Crippen molar-refractivity contribution in [3.8, 4) is 11.5 Å². The van der Waals surface area contributed by atoms with E-state index in [4.69, 9.17) is 21.1 Å². The van der Waals surface area contributed by atoms with Gasteiger partial charge in [0, 0.05) is 12.0 Å². The van der Waals surface area contributed by atoms with E-state index in [2.05, 4.69) is 54.3 Å². The van der Waals surface area contributed by atoms with Crippen molar-refractivity contribution in [2.45, 2.75) is 69.3 Å². The van der Waals surface area contributed by atoms with Crippen LogP contribution < -0.4 is 4.74 Å². The van der Waals surface area contributed by atoms with Gasteiger partial charge in [-0.1, -0.05) is 48.9 Å². The average Bonchev–Trinajstić information content (AvgIpc) is 3.68. The van der Waals surface area contributed by atoms with Gasteiger partial charge in [-0.15, -0.1) is 0 Å². The fourth-order valence-corrected chi connectivity index (χ4v) is 9.46. The monoisotopic (exact) mass is 533 g/mol. The molecule has 2 saturated carbocycles. The Balaban J connectivity index is 1.22. The van der Waals surface area contributed by atoms with Crippen LogP contribution in [0.4, 0.5) is 0 Å². The highest BCUT2D eigenvalue weighted by Gasteiger charge is 2.64. The van der Waals surface area contributed by atoms with Crippen molar-refractivity contribution in [3.63, 3.8) is 0 Å². The minimum atomic E-state index is -0.133. The summed E-state index contributed by atoms with van der Waals surface area (Å²) >= 11 is 6.69. The first kappa shape index (κ1) is 25.0. The van der Waals surface area contributed by atoms with Gasteiger partial charge in [-0.25, -0.2) is 0 Å². The molecule has 1 spiro atoms. The predicted molar refractivity (Wildman–Crippen MR) is 151 cm³/mol.